The molecule has 2 aromatic carbocycles. The van der Waals surface area contributed by atoms with Crippen molar-refractivity contribution < 1.29 is 20.4 Å². The van der Waals surface area contributed by atoms with E-state index in [1.54, 1.807) is 32.0 Å². The number of nitrogens with two attached hydrogens (primary N) is 1. The fourth-order valence-corrected chi connectivity index (χ4v) is 1.52. The van der Waals surface area contributed by atoms with Crippen molar-refractivity contribution in [2.75, 3.05) is 0 Å². The van der Waals surface area contributed by atoms with E-state index in [4.69, 9.17) is 21.1 Å². The Labute approximate surface area is 117 Å². The van der Waals surface area contributed by atoms with Crippen molar-refractivity contribution >= 4 is 0 Å². The van der Waals surface area contributed by atoms with Crippen LogP contribution in [-0.2, 0) is 6.54 Å². The molecule has 0 radical (unpaired) electrons. The molecule has 108 valence electrons. The Kier molecular flexibility index (Phi) is 5.23. The molecule has 0 saturated carbocycles. The van der Waals surface area contributed by atoms with Gasteiger partial charge in [0.25, 0.3) is 0 Å². The molecule has 0 bridgehead atoms. The lowest BCUT2D eigenvalue weighted by Crippen LogP contribution is -1.94. The van der Waals surface area contributed by atoms with Crippen molar-refractivity contribution in [3.8, 4) is 23.0 Å². The standard InChI is InChI=1S/C8H10O2.C7H9NO2/c1-5-3-4-7(9)6(2)8(5)10;8-4-5-1-2-6(9)7(10)3-5/h3-4,9-10H,1-2H3;1-3,9-10H,4,8H2. The van der Waals surface area contributed by atoms with E-state index in [1.165, 1.54) is 12.1 Å². The SMILES string of the molecule is Cc1ccc(O)c(C)c1O.NCc1ccc(O)c(O)c1. The maximum absolute atomic E-state index is 9.23. The number of aryl methyl sites for hydroxylation is 1. The van der Waals surface area contributed by atoms with Crippen LogP contribution in [0.2, 0.25) is 0 Å². The molecule has 0 aliphatic heterocycles. The van der Waals surface area contributed by atoms with Gasteiger partial charge in [0.05, 0.1) is 0 Å². The van der Waals surface area contributed by atoms with Gasteiger partial charge in [-0.3, -0.25) is 0 Å². The maximum Gasteiger partial charge on any atom is 0.157 e. The minimum absolute atomic E-state index is 0.114. The summed E-state index contributed by atoms with van der Waals surface area (Å²) in [5.74, 6) is 0.0863. The van der Waals surface area contributed by atoms with Gasteiger partial charge in [-0.15, -0.1) is 0 Å². The van der Waals surface area contributed by atoms with Crippen LogP contribution in [0, 0.1) is 13.8 Å². The van der Waals surface area contributed by atoms with E-state index in [2.05, 4.69) is 0 Å². The summed E-state index contributed by atoms with van der Waals surface area (Å²) in [5, 5.41) is 36.1. The lowest BCUT2D eigenvalue weighted by molar-refractivity contribution is 0.403. The van der Waals surface area contributed by atoms with Crippen LogP contribution in [0.25, 0.3) is 0 Å². The summed E-state index contributed by atoms with van der Waals surface area (Å²) in [6, 6.07) is 7.77. The van der Waals surface area contributed by atoms with Gasteiger partial charge >= 0.3 is 0 Å². The first-order valence-corrected chi connectivity index (χ1v) is 6.05. The van der Waals surface area contributed by atoms with Crippen LogP contribution < -0.4 is 5.73 Å². The number of hydrogen-bond donors (Lipinski definition) is 5. The summed E-state index contributed by atoms with van der Waals surface area (Å²) in [6.07, 6.45) is 0. The molecule has 2 rings (SSSR count). The largest absolute Gasteiger partial charge is 0.508 e. The Morgan fingerprint density at radius 3 is 1.95 bits per heavy atom. The molecule has 5 nitrogen and oxygen atoms in total. The Morgan fingerprint density at radius 2 is 1.45 bits per heavy atom. The monoisotopic (exact) mass is 277 g/mol. The molecule has 0 aliphatic rings. The second-order valence-electron chi connectivity index (χ2n) is 4.40. The third-order valence-corrected chi connectivity index (χ3v) is 2.88. The highest BCUT2D eigenvalue weighted by Crippen LogP contribution is 2.28. The van der Waals surface area contributed by atoms with Crippen LogP contribution in [0.15, 0.2) is 30.3 Å². The smallest absolute Gasteiger partial charge is 0.157 e. The molecule has 0 saturated heterocycles. The summed E-state index contributed by atoms with van der Waals surface area (Å²) >= 11 is 0. The molecule has 0 amide bonds. The highest BCUT2D eigenvalue weighted by molar-refractivity contribution is 5.46. The summed E-state index contributed by atoms with van der Waals surface area (Å²) in [6.45, 7) is 3.84. The summed E-state index contributed by atoms with van der Waals surface area (Å²) in [5.41, 5.74) is 7.41. The highest BCUT2D eigenvalue weighted by Gasteiger charge is 2.02. The van der Waals surface area contributed by atoms with Crippen molar-refractivity contribution in [3.05, 3.63) is 47.0 Å². The Hall–Kier alpha value is -2.40. The summed E-state index contributed by atoms with van der Waals surface area (Å²) in [4.78, 5) is 0. The molecule has 0 fully saturated rings. The van der Waals surface area contributed by atoms with Gasteiger partial charge in [-0.2, -0.15) is 0 Å². The van der Waals surface area contributed by atoms with E-state index in [-0.39, 0.29) is 23.0 Å². The molecule has 0 heterocycles. The molecular formula is C15H19NO4. The zero-order valence-electron chi connectivity index (χ0n) is 11.5. The van der Waals surface area contributed by atoms with Gasteiger partial charge in [-0.25, -0.2) is 0 Å². The van der Waals surface area contributed by atoms with Crippen LogP contribution >= 0.6 is 0 Å². The number of phenolic OH excluding ortho intramolecular Hbond substituents is 4. The van der Waals surface area contributed by atoms with E-state index in [1.807, 2.05) is 0 Å². The number of aromatic hydroxyl groups is 4. The molecule has 0 aromatic heterocycles. The quantitative estimate of drug-likeness (QED) is 0.514. The van der Waals surface area contributed by atoms with E-state index < -0.39 is 0 Å². The fraction of sp³-hybridized carbons (Fsp3) is 0.200. The van der Waals surface area contributed by atoms with Crippen molar-refractivity contribution in [2.24, 2.45) is 5.73 Å². The van der Waals surface area contributed by atoms with Gasteiger partial charge in [0.1, 0.15) is 11.5 Å². The normalized spacial score (nSPS) is 9.75. The van der Waals surface area contributed by atoms with Crippen LogP contribution in [0.3, 0.4) is 0 Å². The minimum Gasteiger partial charge on any atom is -0.508 e. The topological polar surface area (TPSA) is 107 Å². The number of phenols is 4. The van der Waals surface area contributed by atoms with E-state index >= 15 is 0 Å². The Balaban J connectivity index is 0.000000200. The van der Waals surface area contributed by atoms with E-state index in [0.29, 0.717) is 12.1 Å². The highest BCUT2D eigenvalue weighted by atomic mass is 16.3. The maximum atomic E-state index is 9.23. The third-order valence-electron chi connectivity index (χ3n) is 2.88. The number of benzene rings is 2. The van der Waals surface area contributed by atoms with Crippen LogP contribution in [-0.4, -0.2) is 20.4 Å². The first kappa shape index (κ1) is 15.7. The fourth-order valence-electron chi connectivity index (χ4n) is 1.52. The average Bonchev–Trinajstić information content (AvgIpc) is 2.44. The summed E-state index contributed by atoms with van der Waals surface area (Å²) in [7, 11) is 0. The molecule has 0 spiro atoms. The predicted molar refractivity (Wildman–Crippen MR) is 76.9 cm³/mol. The lowest BCUT2D eigenvalue weighted by Gasteiger charge is -2.03. The first-order valence-electron chi connectivity index (χ1n) is 6.05. The van der Waals surface area contributed by atoms with Crippen LogP contribution in [0.5, 0.6) is 23.0 Å². The average molecular weight is 277 g/mol. The van der Waals surface area contributed by atoms with Gasteiger partial charge in [0.2, 0.25) is 0 Å². The molecule has 20 heavy (non-hydrogen) atoms. The number of hydrogen-bond acceptors (Lipinski definition) is 5. The molecule has 5 heteroatoms. The van der Waals surface area contributed by atoms with E-state index in [9.17, 15) is 5.11 Å². The third kappa shape index (κ3) is 3.80. The molecule has 0 unspecified atom stereocenters. The van der Waals surface area contributed by atoms with Gasteiger partial charge in [0.15, 0.2) is 11.5 Å². The Morgan fingerprint density at radius 1 is 0.850 bits per heavy atom. The molecular weight excluding hydrogens is 258 g/mol. The predicted octanol–water partition coefficient (Wildman–Crippen LogP) is 2.27. The van der Waals surface area contributed by atoms with Crippen LogP contribution in [0.4, 0.5) is 0 Å². The Bertz CT molecular complexity index is 570. The zero-order chi connectivity index (χ0) is 15.3. The molecule has 6 N–H and O–H groups in total. The second-order valence-corrected chi connectivity index (χ2v) is 4.40. The zero-order valence-corrected chi connectivity index (χ0v) is 11.5. The second kappa shape index (κ2) is 6.68. The summed E-state index contributed by atoms with van der Waals surface area (Å²) < 4.78 is 0. The lowest BCUT2D eigenvalue weighted by atomic mass is 10.1. The molecule has 0 atom stereocenters. The van der Waals surface area contributed by atoms with Crippen LogP contribution in [0.1, 0.15) is 16.7 Å². The molecule has 0 aliphatic carbocycles. The van der Waals surface area contributed by atoms with Gasteiger partial charge < -0.3 is 26.2 Å². The van der Waals surface area contributed by atoms with Crippen molar-refractivity contribution in [1.29, 1.82) is 0 Å². The number of rotatable bonds is 1. The minimum atomic E-state index is -0.122. The van der Waals surface area contributed by atoms with E-state index in [0.717, 1.165) is 11.1 Å². The molecule has 2 aromatic rings. The van der Waals surface area contributed by atoms with Gasteiger partial charge in [0, 0.05) is 12.1 Å². The first-order chi connectivity index (χ1) is 9.36. The van der Waals surface area contributed by atoms with Gasteiger partial charge in [-0.05, 0) is 43.2 Å². The van der Waals surface area contributed by atoms with Gasteiger partial charge in [-0.1, -0.05) is 12.1 Å². The van der Waals surface area contributed by atoms with Crippen molar-refractivity contribution in [3.63, 3.8) is 0 Å². The van der Waals surface area contributed by atoms with Crippen molar-refractivity contribution in [2.45, 2.75) is 20.4 Å². The van der Waals surface area contributed by atoms with Crippen molar-refractivity contribution in [1.82, 2.24) is 0 Å².